The number of nitrogens with one attached hydrogen (secondary N) is 4. The molecule has 0 aromatic heterocycles. The first-order valence-electron chi connectivity index (χ1n) is 14.7. The van der Waals surface area contributed by atoms with Gasteiger partial charge in [0.2, 0.25) is 29.5 Å². The van der Waals surface area contributed by atoms with E-state index >= 15 is 0 Å². The van der Waals surface area contributed by atoms with Crippen molar-refractivity contribution in [2.24, 2.45) is 5.73 Å². The largest absolute Gasteiger partial charge is 0.481 e. The van der Waals surface area contributed by atoms with Crippen molar-refractivity contribution in [2.45, 2.75) is 114 Å². The molecule has 1 fully saturated rings. The molecule has 12 atom stereocenters. The molecule has 1 rings (SSSR count). The summed E-state index contributed by atoms with van der Waals surface area (Å²) in [6.45, 7) is 2.53. The molecule has 1 aliphatic rings. The van der Waals surface area contributed by atoms with Gasteiger partial charge < -0.3 is 76.6 Å². The second kappa shape index (κ2) is 19.9. The van der Waals surface area contributed by atoms with E-state index in [1.54, 1.807) is 0 Å². The van der Waals surface area contributed by atoms with E-state index in [4.69, 9.17) is 25.1 Å². The molecule has 48 heavy (non-hydrogen) atoms. The van der Waals surface area contributed by atoms with Gasteiger partial charge in [0.15, 0.2) is 6.29 Å². The molecule has 0 aromatic carbocycles. The van der Waals surface area contributed by atoms with Crippen molar-refractivity contribution >= 4 is 41.8 Å². The summed E-state index contributed by atoms with van der Waals surface area (Å²) in [6, 6.07) is -5.98. The number of amides is 5. The molecule has 274 valence electrons. The Balaban J connectivity index is 3.36. The number of hydrogen-bond acceptors (Lipinski definition) is 15. The van der Waals surface area contributed by atoms with Gasteiger partial charge in [0, 0.05) is 20.3 Å². The molecular weight excluding hydrogens is 650 g/mol. The minimum atomic E-state index is -1.96. The normalized spacial score (nSPS) is 25.1. The fourth-order valence-corrected chi connectivity index (χ4v) is 4.57. The summed E-state index contributed by atoms with van der Waals surface area (Å²) in [6.07, 6.45) is -14.8. The van der Waals surface area contributed by atoms with Crippen molar-refractivity contribution in [3.63, 3.8) is 0 Å². The van der Waals surface area contributed by atoms with E-state index in [-0.39, 0.29) is 12.7 Å². The Morgan fingerprint density at radius 1 is 0.938 bits per heavy atom. The van der Waals surface area contributed by atoms with Crippen LogP contribution in [0, 0.1) is 0 Å². The molecule has 12 N–H and O–H groups in total. The zero-order valence-electron chi connectivity index (χ0n) is 26.7. The van der Waals surface area contributed by atoms with Crippen molar-refractivity contribution in [3.8, 4) is 0 Å². The minimum Gasteiger partial charge on any atom is -0.481 e. The van der Waals surface area contributed by atoms with Gasteiger partial charge in [-0.3, -0.25) is 28.8 Å². The predicted molar refractivity (Wildman–Crippen MR) is 157 cm³/mol. The highest BCUT2D eigenvalue weighted by atomic mass is 16.7. The summed E-state index contributed by atoms with van der Waals surface area (Å²) < 4.78 is 17.0. The first-order chi connectivity index (χ1) is 22.4. The molecule has 0 aromatic rings. The Morgan fingerprint density at radius 3 is 2.04 bits per heavy atom. The number of carbonyl (C=O) groups excluding carboxylic acids is 6. The number of aliphatic hydroxyl groups excluding tert-OH is 5. The number of ether oxygens (including phenoxy) is 3. The van der Waals surface area contributed by atoms with Gasteiger partial charge in [-0.05, 0) is 20.3 Å². The van der Waals surface area contributed by atoms with E-state index in [2.05, 4.69) is 21.3 Å². The van der Waals surface area contributed by atoms with Gasteiger partial charge in [0.25, 0.3) is 0 Å². The number of aldehydes is 1. The fraction of sp³-hybridized carbons (Fsp3) is 0.741. The van der Waals surface area contributed by atoms with Crippen molar-refractivity contribution in [1.29, 1.82) is 0 Å². The summed E-state index contributed by atoms with van der Waals surface area (Å²) in [4.78, 5) is 84.1. The van der Waals surface area contributed by atoms with Crippen LogP contribution < -0.4 is 27.0 Å². The van der Waals surface area contributed by atoms with Gasteiger partial charge in [-0.2, -0.15) is 0 Å². The van der Waals surface area contributed by atoms with Crippen LogP contribution in [0.15, 0.2) is 0 Å². The number of carboxylic acids is 1. The van der Waals surface area contributed by atoms with Gasteiger partial charge in [-0.15, -0.1) is 0 Å². The van der Waals surface area contributed by atoms with Gasteiger partial charge in [0.05, 0.1) is 13.2 Å². The maximum atomic E-state index is 13.1. The van der Waals surface area contributed by atoms with Crippen LogP contribution in [0.25, 0.3) is 0 Å². The van der Waals surface area contributed by atoms with Crippen molar-refractivity contribution in [2.75, 3.05) is 13.2 Å². The summed E-state index contributed by atoms with van der Waals surface area (Å²) in [5.74, 6) is -5.73. The standard InChI is InChI=1S/C27H45N5O16/c1-10(25(44)32-14(24(28)43)5-6-18(39)40)29-26(45)11(2)46-22(15(7-33)30-12(3)36)23(16(38)8-34)48-27-19(31-13(4)37)21(42)20(41)17(9-35)47-27/h7,10-11,14-17,19-23,27,34-35,38,41-42H,5-6,8-9H2,1-4H3,(H2,28,43)(H,29,45)(H,30,36)(H,31,37)(H,32,44)(H,39,40)/t10-,11+,14+,15-,16-,17+,19+,20+,21+,22+,23+,27-/m0/s1. The van der Waals surface area contributed by atoms with Crippen LogP contribution in [-0.2, 0) is 47.8 Å². The Kier molecular flexibility index (Phi) is 17.5. The van der Waals surface area contributed by atoms with E-state index in [0.717, 1.165) is 20.8 Å². The van der Waals surface area contributed by atoms with Gasteiger partial charge >= 0.3 is 5.97 Å². The summed E-state index contributed by atoms with van der Waals surface area (Å²) >= 11 is 0. The maximum absolute atomic E-state index is 13.1. The predicted octanol–water partition coefficient (Wildman–Crippen LogP) is -6.51. The molecule has 1 saturated heterocycles. The number of carbonyl (C=O) groups is 7. The second-order valence-corrected chi connectivity index (χ2v) is 11.0. The third-order valence-electron chi connectivity index (χ3n) is 7.09. The Labute approximate surface area is 274 Å². The SMILES string of the molecule is CC(=O)N[C@H]1[C@H](O[C@@H]([C@H](O[C@H](C)C(=O)N[C@@H](C)C(=O)N[C@H](CCC(=O)O)C(N)=O)[C@H](C=O)NC(C)=O)[C@@H](O)CO)O[C@H](CO)[C@@H](O)[C@@H]1O. The van der Waals surface area contributed by atoms with E-state index in [1.807, 2.05) is 0 Å². The summed E-state index contributed by atoms with van der Waals surface area (Å²) in [7, 11) is 0. The molecule has 0 unspecified atom stereocenters. The average molecular weight is 696 g/mol. The molecule has 21 nitrogen and oxygen atoms in total. The molecule has 0 spiro atoms. The molecule has 1 heterocycles. The third kappa shape index (κ3) is 12.6. The van der Waals surface area contributed by atoms with Gasteiger partial charge in [-0.1, -0.05) is 0 Å². The minimum absolute atomic E-state index is 0.163. The number of carboxylic acid groups (broad SMARTS) is 1. The van der Waals surface area contributed by atoms with Crippen LogP contribution in [0.1, 0.15) is 40.5 Å². The molecule has 1 aliphatic heterocycles. The van der Waals surface area contributed by atoms with E-state index in [0.29, 0.717) is 0 Å². The Bertz CT molecular complexity index is 1140. The molecule has 0 radical (unpaired) electrons. The number of aliphatic carboxylic acids is 1. The molecule has 21 heteroatoms. The van der Waals surface area contributed by atoms with Crippen molar-refractivity contribution in [3.05, 3.63) is 0 Å². The lowest BCUT2D eigenvalue weighted by Gasteiger charge is -2.45. The molecule has 0 saturated carbocycles. The molecule has 5 amide bonds. The number of nitrogens with two attached hydrogens (primary N) is 1. The highest BCUT2D eigenvalue weighted by molar-refractivity contribution is 5.92. The lowest BCUT2D eigenvalue weighted by Crippen LogP contribution is -2.66. The van der Waals surface area contributed by atoms with E-state index < -0.39 is 128 Å². The highest BCUT2D eigenvalue weighted by Crippen LogP contribution is 2.26. The number of primary amides is 1. The van der Waals surface area contributed by atoms with Crippen molar-refractivity contribution < 1.29 is 78.4 Å². The van der Waals surface area contributed by atoms with E-state index in [1.165, 1.54) is 6.92 Å². The second-order valence-electron chi connectivity index (χ2n) is 11.0. The van der Waals surface area contributed by atoms with Crippen molar-refractivity contribution in [1.82, 2.24) is 21.3 Å². The molecule has 0 aliphatic carbocycles. The lowest BCUT2D eigenvalue weighted by atomic mass is 9.96. The first kappa shape index (κ1) is 42.2. The zero-order valence-corrected chi connectivity index (χ0v) is 26.7. The van der Waals surface area contributed by atoms with Crippen LogP contribution in [-0.4, -0.2) is 159 Å². The third-order valence-corrected chi connectivity index (χ3v) is 7.09. The van der Waals surface area contributed by atoms with Gasteiger partial charge in [0.1, 0.15) is 73.2 Å². The monoisotopic (exact) mass is 695 g/mol. The van der Waals surface area contributed by atoms with E-state index in [9.17, 15) is 59.1 Å². The quantitative estimate of drug-likeness (QED) is 0.0527. The highest BCUT2D eigenvalue weighted by Gasteiger charge is 2.49. The van der Waals surface area contributed by atoms with Crippen LogP contribution in [0.3, 0.4) is 0 Å². The zero-order chi connectivity index (χ0) is 36.9. The smallest absolute Gasteiger partial charge is 0.303 e. The maximum Gasteiger partial charge on any atom is 0.303 e. The van der Waals surface area contributed by atoms with Crippen LogP contribution in [0.5, 0.6) is 0 Å². The fourth-order valence-electron chi connectivity index (χ4n) is 4.57. The number of hydrogen-bond donors (Lipinski definition) is 11. The average Bonchev–Trinajstić information content (AvgIpc) is 3.01. The first-order valence-corrected chi connectivity index (χ1v) is 14.7. The molecular formula is C27H45N5O16. The topological polar surface area (TPSA) is 343 Å². The summed E-state index contributed by atoms with van der Waals surface area (Å²) in [5, 5.41) is 69.1. The Morgan fingerprint density at radius 2 is 1.56 bits per heavy atom. The number of rotatable bonds is 20. The van der Waals surface area contributed by atoms with Crippen LogP contribution in [0.2, 0.25) is 0 Å². The Hall–Kier alpha value is -3.83. The lowest BCUT2D eigenvalue weighted by molar-refractivity contribution is -0.302. The van der Waals surface area contributed by atoms with Gasteiger partial charge in [-0.25, -0.2) is 0 Å². The molecule has 0 bridgehead atoms. The van der Waals surface area contributed by atoms with Crippen LogP contribution in [0.4, 0.5) is 0 Å². The number of aliphatic hydroxyl groups is 5. The summed E-state index contributed by atoms with van der Waals surface area (Å²) in [5.41, 5.74) is 5.21. The van der Waals surface area contributed by atoms with Crippen LogP contribution >= 0.6 is 0 Å².